The second kappa shape index (κ2) is 7.05. The van der Waals surface area contributed by atoms with E-state index in [0.717, 1.165) is 0 Å². The summed E-state index contributed by atoms with van der Waals surface area (Å²) in [4.78, 5) is 18.5. The zero-order chi connectivity index (χ0) is 17.3. The van der Waals surface area contributed by atoms with Gasteiger partial charge < -0.3 is 9.64 Å². The largest absolute Gasteiger partial charge is 0.370 e. The summed E-state index contributed by atoms with van der Waals surface area (Å²) in [6.45, 7) is 2.87. The van der Waals surface area contributed by atoms with Crippen molar-refractivity contribution in [2.24, 2.45) is 0 Å². The molecule has 1 aromatic heterocycles. The number of halogens is 3. The molecule has 7 heteroatoms. The minimum Gasteiger partial charge on any atom is -0.370 e. The third-order valence-corrected chi connectivity index (χ3v) is 4.59. The Hall–Kier alpha value is -1.69. The maximum absolute atomic E-state index is 13.8. The highest BCUT2D eigenvalue weighted by molar-refractivity contribution is 6.35. The third-order valence-electron chi connectivity index (χ3n) is 3.98. The highest BCUT2D eigenvalue weighted by Crippen LogP contribution is 2.32. The van der Waals surface area contributed by atoms with Crippen LogP contribution in [-0.4, -0.2) is 35.5 Å². The van der Waals surface area contributed by atoms with Gasteiger partial charge in [-0.1, -0.05) is 23.2 Å². The van der Waals surface area contributed by atoms with Gasteiger partial charge in [0.25, 0.3) is 5.91 Å². The van der Waals surface area contributed by atoms with Crippen molar-refractivity contribution in [3.8, 4) is 0 Å². The zero-order valence-electron chi connectivity index (χ0n) is 12.9. The van der Waals surface area contributed by atoms with Gasteiger partial charge in [-0.2, -0.15) is 0 Å². The van der Waals surface area contributed by atoms with Crippen molar-refractivity contribution >= 4 is 29.1 Å². The predicted octanol–water partition coefficient (Wildman–Crippen LogP) is 4.05. The van der Waals surface area contributed by atoms with Crippen LogP contribution < -0.4 is 0 Å². The molecule has 2 aromatic rings. The maximum atomic E-state index is 13.8. The molecule has 1 amide bonds. The van der Waals surface area contributed by atoms with Crippen LogP contribution in [0.25, 0.3) is 0 Å². The van der Waals surface area contributed by atoms with Crippen LogP contribution in [0.5, 0.6) is 0 Å². The first-order valence-electron chi connectivity index (χ1n) is 7.44. The Morgan fingerprint density at radius 2 is 2.17 bits per heavy atom. The number of hydrogen-bond donors (Lipinski definition) is 0. The van der Waals surface area contributed by atoms with E-state index < -0.39 is 11.9 Å². The molecule has 0 spiro atoms. The van der Waals surface area contributed by atoms with Crippen LogP contribution in [0.1, 0.15) is 27.7 Å². The Morgan fingerprint density at radius 1 is 1.38 bits per heavy atom. The van der Waals surface area contributed by atoms with Crippen LogP contribution in [0.4, 0.5) is 4.39 Å². The lowest BCUT2D eigenvalue weighted by Gasteiger charge is -2.33. The van der Waals surface area contributed by atoms with E-state index in [-0.39, 0.29) is 17.5 Å². The molecule has 1 saturated heterocycles. The number of benzene rings is 1. The normalized spacial score (nSPS) is 17.8. The summed E-state index contributed by atoms with van der Waals surface area (Å²) >= 11 is 11.9. The molecular weight excluding hydrogens is 354 g/mol. The molecule has 0 bridgehead atoms. The van der Waals surface area contributed by atoms with Crippen LogP contribution in [0, 0.1) is 12.7 Å². The van der Waals surface area contributed by atoms with Gasteiger partial charge in [0.1, 0.15) is 11.9 Å². The SMILES string of the molecule is Cc1ncccc1C(=O)N1CCOC(c2cc(F)c(Cl)cc2Cl)C1. The van der Waals surface area contributed by atoms with Gasteiger partial charge in [-0.3, -0.25) is 9.78 Å². The molecule has 0 N–H and O–H groups in total. The van der Waals surface area contributed by atoms with Crippen molar-refractivity contribution in [1.82, 2.24) is 9.88 Å². The number of aromatic nitrogens is 1. The standard InChI is InChI=1S/C17H15Cl2FN2O2/c1-10-11(3-2-4-21-10)17(23)22-5-6-24-16(9-22)12-7-15(20)14(19)8-13(12)18/h2-4,7-8,16H,5-6,9H2,1H3. The molecule has 0 saturated carbocycles. The summed E-state index contributed by atoms with van der Waals surface area (Å²) in [5, 5.41) is 0.275. The number of ether oxygens (including phenoxy) is 1. The molecule has 1 aliphatic heterocycles. The molecule has 4 nitrogen and oxygen atoms in total. The molecule has 1 aliphatic rings. The molecule has 1 fully saturated rings. The average molecular weight is 369 g/mol. The Balaban J connectivity index is 1.84. The average Bonchev–Trinajstić information content (AvgIpc) is 2.58. The van der Waals surface area contributed by atoms with Crippen molar-refractivity contribution < 1.29 is 13.9 Å². The van der Waals surface area contributed by atoms with Gasteiger partial charge in [-0.05, 0) is 31.2 Å². The molecule has 0 aliphatic carbocycles. The molecule has 1 unspecified atom stereocenters. The summed E-state index contributed by atoms with van der Waals surface area (Å²) in [7, 11) is 0. The van der Waals surface area contributed by atoms with Crippen LogP contribution in [0.15, 0.2) is 30.5 Å². The highest BCUT2D eigenvalue weighted by Gasteiger charge is 2.28. The number of pyridine rings is 1. The van der Waals surface area contributed by atoms with Crippen molar-refractivity contribution in [2.75, 3.05) is 19.7 Å². The third kappa shape index (κ3) is 3.38. The molecule has 1 atom stereocenters. The van der Waals surface area contributed by atoms with Crippen molar-refractivity contribution in [1.29, 1.82) is 0 Å². The zero-order valence-corrected chi connectivity index (χ0v) is 14.4. The van der Waals surface area contributed by atoms with Gasteiger partial charge in [0, 0.05) is 29.0 Å². The van der Waals surface area contributed by atoms with Crippen molar-refractivity contribution in [2.45, 2.75) is 13.0 Å². The number of amides is 1. The maximum Gasteiger partial charge on any atom is 0.255 e. The van der Waals surface area contributed by atoms with Gasteiger partial charge in [-0.15, -0.1) is 0 Å². The summed E-state index contributed by atoms with van der Waals surface area (Å²) in [5.74, 6) is -0.689. The minimum atomic E-state index is -0.564. The van der Waals surface area contributed by atoms with E-state index in [0.29, 0.717) is 35.0 Å². The fraction of sp³-hybridized carbons (Fsp3) is 0.294. The number of morpholine rings is 1. The second-order valence-corrected chi connectivity index (χ2v) is 6.35. The van der Waals surface area contributed by atoms with Crippen LogP contribution in [0.2, 0.25) is 10.0 Å². The van der Waals surface area contributed by atoms with Gasteiger partial charge in [0.05, 0.1) is 23.7 Å². The number of carbonyl (C=O) groups is 1. The van der Waals surface area contributed by atoms with Crippen molar-refractivity contribution in [3.05, 3.63) is 63.1 Å². The Labute approximate surface area is 149 Å². The van der Waals surface area contributed by atoms with Crippen LogP contribution in [-0.2, 0) is 4.74 Å². The molecule has 2 heterocycles. The Bertz CT molecular complexity index is 785. The number of carbonyl (C=O) groups excluding carboxylic acids is 1. The van der Waals surface area contributed by atoms with Gasteiger partial charge in [-0.25, -0.2) is 4.39 Å². The first kappa shape index (κ1) is 17.1. The van der Waals surface area contributed by atoms with Gasteiger partial charge >= 0.3 is 0 Å². The lowest BCUT2D eigenvalue weighted by atomic mass is 10.1. The quantitative estimate of drug-likeness (QED) is 0.750. The van der Waals surface area contributed by atoms with Crippen LogP contribution in [0.3, 0.4) is 0 Å². The summed E-state index contributed by atoms with van der Waals surface area (Å²) in [6.07, 6.45) is 1.14. The molecule has 3 rings (SSSR count). The Kier molecular flexibility index (Phi) is 5.04. The van der Waals surface area contributed by atoms with Crippen LogP contribution >= 0.6 is 23.2 Å². The van der Waals surface area contributed by atoms with Crippen molar-refractivity contribution in [3.63, 3.8) is 0 Å². The summed E-state index contributed by atoms with van der Waals surface area (Å²) in [5.41, 5.74) is 1.70. The monoisotopic (exact) mass is 368 g/mol. The highest BCUT2D eigenvalue weighted by atomic mass is 35.5. The number of hydrogen-bond acceptors (Lipinski definition) is 3. The van der Waals surface area contributed by atoms with E-state index in [2.05, 4.69) is 4.98 Å². The van der Waals surface area contributed by atoms with E-state index in [1.807, 2.05) is 0 Å². The van der Waals surface area contributed by atoms with E-state index in [4.69, 9.17) is 27.9 Å². The number of aryl methyl sites for hydroxylation is 1. The van der Waals surface area contributed by atoms with E-state index >= 15 is 0 Å². The number of nitrogens with zero attached hydrogens (tertiary/aromatic N) is 2. The lowest BCUT2D eigenvalue weighted by Crippen LogP contribution is -2.42. The van der Waals surface area contributed by atoms with E-state index in [1.54, 1.807) is 30.2 Å². The first-order valence-corrected chi connectivity index (χ1v) is 8.20. The topological polar surface area (TPSA) is 42.4 Å². The number of rotatable bonds is 2. The Morgan fingerprint density at radius 3 is 2.92 bits per heavy atom. The smallest absolute Gasteiger partial charge is 0.255 e. The lowest BCUT2D eigenvalue weighted by molar-refractivity contribution is -0.0229. The first-order chi connectivity index (χ1) is 11.5. The molecule has 24 heavy (non-hydrogen) atoms. The fourth-order valence-electron chi connectivity index (χ4n) is 2.69. The second-order valence-electron chi connectivity index (χ2n) is 5.53. The fourth-order valence-corrected chi connectivity index (χ4v) is 3.19. The van der Waals surface area contributed by atoms with E-state index in [1.165, 1.54) is 12.1 Å². The van der Waals surface area contributed by atoms with Gasteiger partial charge in [0.15, 0.2) is 0 Å². The summed E-state index contributed by atoms with van der Waals surface area (Å²) in [6, 6.07) is 6.08. The molecule has 126 valence electrons. The minimum absolute atomic E-state index is 0.0431. The molecular formula is C17H15Cl2FN2O2. The molecule has 0 radical (unpaired) electrons. The van der Waals surface area contributed by atoms with E-state index in [9.17, 15) is 9.18 Å². The van der Waals surface area contributed by atoms with Gasteiger partial charge in [0.2, 0.25) is 0 Å². The summed E-state index contributed by atoms with van der Waals surface area (Å²) < 4.78 is 19.4. The molecule has 1 aromatic carbocycles. The predicted molar refractivity (Wildman–Crippen MR) is 90.0 cm³/mol.